The van der Waals surface area contributed by atoms with Gasteiger partial charge in [-0.05, 0) is 60.7 Å². The molecule has 22 heteroatoms. The summed E-state index contributed by atoms with van der Waals surface area (Å²) in [4.78, 5) is 63.9. The number of hydrogen-bond acceptors (Lipinski definition) is 15. The number of hydrogen-bond donors (Lipinski definition) is 3. The predicted octanol–water partition coefficient (Wildman–Crippen LogP) is 6.84. The summed E-state index contributed by atoms with van der Waals surface area (Å²) in [6.45, 7) is 3.73. The van der Waals surface area contributed by atoms with Gasteiger partial charge in [0.15, 0.2) is 0 Å². The number of H-pyrrole nitrogens is 1. The van der Waals surface area contributed by atoms with Crippen LogP contribution in [0.1, 0.15) is 81.7 Å². The highest BCUT2D eigenvalue weighted by molar-refractivity contribution is 7.61. The van der Waals surface area contributed by atoms with Crippen LogP contribution >= 0.6 is 15.6 Å². The van der Waals surface area contributed by atoms with Crippen molar-refractivity contribution in [3.05, 3.63) is 103 Å². The van der Waals surface area contributed by atoms with Crippen molar-refractivity contribution in [2.45, 2.75) is 97.3 Å². The maximum atomic E-state index is 13.9. The number of aromatic amines is 1. The third kappa shape index (κ3) is 14.2. The molecule has 2 aromatic carbocycles. The molecule has 2 heterocycles. The Morgan fingerprint density at radius 1 is 0.929 bits per heavy atom. The molecule has 0 amide bonds. The van der Waals surface area contributed by atoms with E-state index in [1.807, 2.05) is 13.8 Å². The van der Waals surface area contributed by atoms with E-state index in [1.165, 1.54) is 61.7 Å². The minimum atomic E-state index is -5.30. The summed E-state index contributed by atoms with van der Waals surface area (Å²) in [5.74, 6) is -0.264. The number of aromatic nitrogens is 2. The van der Waals surface area contributed by atoms with E-state index in [4.69, 9.17) is 37.6 Å². The van der Waals surface area contributed by atoms with Gasteiger partial charge in [-0.15, -0.1) is 0 Å². The van der Waals surface area contributed by atoms with Crippen molar-refractivity contribution in [1.29, 1.82) is 0 Å². The van der Waals surface area contributed by atoms with E-state index in [-0.39, 0.29) is 42.5 Å². The molecule has 1 saturated heterocycles. The second-order valence-corrected chi connectivity index (χ2v) is 15.7. The highest BCUT2D eigenvalue weighted by Crippen LogP contribution is 2.64. The Morgan fingerprint density at radius 2 is 1.45 bits per heavy atom. The molecule has 56 heavy (non-hydrogen) atoms. The first kappa shape index (κ1) is 45.9. The van der Waals surface area contributed by atoms with E-state index in [1.54, 1.807) is 0 Å². The largest absolute Gasteiger partial charge is 0.484 e. The first-order chi connectivity index (χ1) is 26.2. The lowest BCUT2D eigenvalue weighted by Crippen LogP contribution is -2.33. The van der Waals surface area contributed by atoms with E-state index >= 15 is 0 Å². The Labute approximate surface area is 321 Å². The van der Waals surface area contributed by atoms with Gasteiger partial charge in [0.2, 0.25) is 0 Å². The van der Waals surface area contributed by atoms with Gasteiger partial charge in [-0.1, -0.05) is 56.1 Å². The number of carbonyl (C=O) groups excluding carboxylic acids is 2. The average Bonchev–Trinajstić information content (AvgIpc) is 3.55. The number of unbranched alkanes of at least 4 members (excludes halogenated alkanes) is 2. The summed E-state index contributed by atoms with van der Waals surface area (Å²) in [7, 11) is -10.2. The van der Waals surface area contributed by atoms with Crippen LogP contribution in [0.2, 0.25) is 0 Å². The van der Waals surface area contributed by atoms with Gasteiger partial charge < -0.3 is 25.3 Å². The molecule has 3 aromatic rings. The highest BCUT2D eigenvalue weighted by Gasteiger charge is 2.42. The van der Waals surface area contributed by atoms with Gasteiger partial charge >= 0.3 is 33.3 Å². The van der Waals surface area contributed by atoms with E-state index in [0.29, 0.717) is 24.0 Å². The van der Waals surface area contributed by atoms with E-state index in [9.17, 15) is 33.2 Å². The molecule has 2 unspecified atom stereocenters. The van der Waals surface area contributed by atoms with E-state index in [0.717, 1.165) is 17.4 Å². The molecule has 1 fully saturated rings. The van der Waals surface area contributed by atoms with Gasteiger partial charge in [0.1, 0.15) is 17.7 Å². The molecule has 0 radical (unpaired) electrons. The lowest BCUT2D eigenvalue weighted by Gasteiger charge is -2.22. The summed E-state index contributed by atoms with van der Waals surface area (Å²) in [5, 5.41) is 3.64. The monoisotopic (exact) mass is 824 g/mol. The smallest absolute Gasteiger partial charge is 0.427 e. The van der Waals surface area contributed by atoms with Crippen molar-refractivity contribution < 1.29 is 55.7 Å². The minimum Gasteiger partial charge on any atom is -0.427 e. The third-order valence-electron chi connectivity index (χ3n) is 8.02. The first-order valence-corrected chi connectivity index (χ1v) is 20.4. The van der Waals surface area contributed by atoms with Crippen molar-refractivity contribution in [2.24, 2.45) is 5.11 Å². The number of ether oxygens (including phenoxy) is 3. The summed E-state index contributed by atoms with van der Waals surface area (Å²) in [6, 6.07) is 11.0. The molecule has 20 nitrogen and oxygen atoms in total. The highest BCUT2D eigenvalue weighted by atomic mass is 31.3. The average molecular weight is 825 g/mol. The lowest BCUT2D eigenvalue weighted by atomic mass is 10.1. The van der Waals surface area contributed by atoms with Crippen LogP contribution in [0.15, 0.2) is 69.4 Å². The van der Waals surface area contributed by atoms with Gasteiger partial charge in [0.25, 0.3) is 5.56 Å². The Morgan fingerprint density at radius 3 is 1.93 bits per heavy atom. The van der Waals surface area contributed by atoms with Crippen LogP contribution in [-0.4, -0.2) is 45.1 Å². The first-order valence-electron chi connectivity index (χ1n) is 17.4. The topological polar surface area (TPSA) is 292 Å². The number of esters is 2. The predicted molar refractivity (Wildman–Crippen MR) is 200 cm³/mol. The second-order valence-electron chi connectivity index (χ2n) is 12.4. The van der Waals surface area contributed by atoms with Crippen molar-refractivity contribution in [2.75, 3.05) is 6.61 Å². The Kier molecular flexibility index (Phi) is 17.8. The molecule has 0 bridgehead atoms. The fourth-order valence-corrected chi connectivity index (χ4v) is 7.65. The van der Waals surface area contributed by atoms with Crippen molar-refractivity contribution in [3.8, 4) is 11.5 Å². The Balaban J connectivity index is 0.00000841. The summed E-state index contributed by atoms with van der Waals surface area (Å²) in [5.41, 5.74) is 8.71. The fraction of sp³-hybridized carbons (Fsp3) is 0.471. The van der Waals surface area contributed by atoms with Gasteiger partial charge in [-0.2, -0.15) is 4.31 Å². The molecule has 5 N–H and O–H groups in total. The van der Waals surface area contributed by atoms with Crippen LogP contribution in [-0.2, 0) is 54.6 Å². The zero-order valence-corrected chi connectivity index (χ0v) is 32.9. The van der Waals surface area contributed by atoms with E-state index < -0.39 is 77.0 Å². The minimum absolute atomic E-state index is 0. The number of azide groups is 1. The number of phosphoric ester groups is 2. The summed E-state index contributed by atoms with van der Waals surface area (Å²) < 4.78 is 65.7. The molecule has 1 aliphatic rings. The van der Waals surface area contributed by atoms with Crippen LogP contribution in [0.5, 0.6) is 11.5 Å². The quantitative estimate of drug-likeness (QED) is 0.0247. The van der Waals surface area contributed by atoms with Gasteiger partial charge in [0, 0.05) is 35.9 Å². The van der Waals surface area contributed by atoms with Crippen molar-refractivity contribution in [1.82, 2.24) is 15.7 Å². The van der Waals surface area contributed by atoms with Crippen LogP contribution in [0.3, 0.4) is 0 Å². The van der Waals surface area contributed by atoms with Gasteiger partial charge in [0.05, 0.1) is 32.0 Å². The normalized spacial score (nSPS) is 17.6. The SMILES string of the molecule is CCCCC(=O)Oc1ccc(COP(=O)(OCc2ccc(OC(=O)CCCC)cc2)OP(=O)(O)OC[C@H]2O[C@@H](n3cc(C)c(=O)[nH]c3=O)CC2N=[N+]=[N-])cc1.N. The number of carbonyl (C=O) groups is 2. The van der Waals surface area contributed by atoms with Gasteiger partial charge in [-0.3, -0.25) is 37.5 Å². The number of nitrogens with zero attached hydrogens (tertiary/aromatic N) is 4. The molecule has 0 aliphatic carbocycles. The molecule has 1 aromatic heterocycles. The number of nitrogens with one attached hydrogen (secondary N) is 1. The van der Waals surface area contributed by atoms with Crippen LogP contribution in [0.25, 0.3) is 10.4 Å². The molecular weight excluding hydrogens is 778 g/mol. The maximum absolute atomic E-state index is 13.9. The summed E-state index contributed by atoms with van der Waals surface area (Å²) >= 11 is 0. The zero-order valence-electron chi connectivity index (χ0n) is 31.1. The molecule has 1 aliphatic heterocycles. The molecule has 4 rings (SSSR count). The fourth-order valence-electron chi connectivity index (χ4n) is 5.05. The maximum Gasteiger partial charge on any atom is 0.484 e. The number of aryl methyl sites for hydroxylation is 1. The lowest BCUT2D eigenvalue weighted by molar-refractivity contribution is -0.135. The van der Waals surface area contributed by atoms with Crippen LogP contribution in [0, 0.1) is 6.92 Å². The molecule has 4 atom stereocenters. The zero-order chi connectivity index (χ0) is 40.0. The number of benzene rings is 2. The number of phosphoric acid groups is 2. The third-order valence-corrected chi connectivity index (χ3v) is 11.0. The standard InChI is InChI=1S/C34H43N5O14P2.H3N/c1-4-6-8-31(40)50-26-14-10-24(11-15-26)20-48-55(46,49-21-25-12-16-27(17-13-25)51-32(41)9-7-5-2)53-54(44,45)47-22-29-28(37-38-35)18-30(52-29)39-19-23(3)33(42)36-34(39)43;/h10-17,19,28-30H,4-9,18,20-22H2,1-3H3,(H,44,45)(H,36,42,43);1H3/t28?,29-,30-;/m1./s1. The second kappa shape index (κ2) is 21.7. The van der Waals surface area contributed by atoms with Crippen molar-refractivity contribution >= 4 is 27.6 Å². The van der Waals surface area contributed by atoms with Gasteiger partial charge in [-0.25, -0.2) is 13.9 Å². The molecule has 306 valence electrons. The Hall–Kier alpha value is -4.45. The van der Waals surface area contributed by atoms with Crippen molar-refractivity contribution in [3.63, 3.8) is 0 Å². The van der Waals surface area contributed by atoms with Crippen LogP contribution < -0.4 is 26.9 Å². The summed E-state index contributed by atoms with van der Waals surface area (Å²) in [6.07, 6.45) is 2.49. The molecular formula is C34H46N6O14P2. The number of rotatable bonds is 21. The molecule has 0 saturated carbocycles. The van der Waals surface area contributed by atoms with Crippen LogP contribution in [0.4, 0.5) is 0 Å². The van der Waals surface area contributed by atoms with E-state index in [2.05, 4.69) is 15.0 Å². The Bertz CT molecular complexity index is 1960. The molecule has 0 spiro atoms.